The Labute approximate surface area is 170 Å². The van der Waals surface area contributed by atoms with Crippen molar-refractivity contribution in [3.63, 3.8) is 0 Å². The van der Waals surface area contributed by atoms with Gasteiger partial charge in [-0.15, -0.1) is 0 Å². The monoisotopic (exact) mass is 396 g/mol. The van der Waals surface area contributed by atoms with Crippen molar-refractivity contribution in [2.75, 3.05) is 7.11 Å². The third kappa shape index (κ3) is 5.91. The van der Waals surface area contributed by atoms with Crippen LogP contribution in [0, 0.1) is 0 Å². The number of esters is 1. The number of ether oxygens (including phenoxy) is 1. The highest BCUT2D eigenvalue weighted by atomic mass is 28.4. The molecule has 0 N–H and O–H groups in total. The lowest BCUT2D eigenvalue weighted by molar-refractivity contribution is -0.134. The van der Waals surface area contributed by atoms with E-state index in [4.69, 9.17) is 4.43 Å². The van der Waals surface area contributed by atoms with Crippen LogP contribution >= 0.6 is 0 Å². The molecule has 0 amide bonds. The molecule has 0 saturated carbocycles. The van der Waals surface area contributed by atoms with Crippen molar-refractivity contribution >= 4 is 25.1 Å². The van der Waals surface area contributed by atoms with E-state index in [0.717, 1.165) is 6.42 Å². The highest BCUT2D eigenvalue weighted by Gasteiger charge is 2.39. The van der Waals surface area contributed by atoms with Crippen LogP contribution in [0.2, 0.25) is 18.1 Å². The summed E-state index contributed by atoms with van der Waals surface area (Å²) in [5.41, 5.74) is 1.19. The summed E-state index contributed by atoms with van der Waals surface area (Å²) in [5.74, 6) is -0.353. The van der Waals surface area contributed by atoms with Gasteiger partial charge in [0.15, 0.2) is 8.32 Å². The molecule has 0 fully saturated rings. The predicted octanol–water partition coefficient (Wildman–Crippen LogP) is 6.58. The van der Waals surface area contributed by atoms with Crippen LogP contribution in [0.5, 0.6) is 0 Å². The normalized spacial score (nSPS) is 14.1. The highest BCUT2D eigenvalue weighted by molar-refractivity contribution is 6.74. The third-order valence-electron chi connectivity index (χ3n) is 5.42. The van der Waals surface area contributed by atoms with E-state index in [-0.39, 0.29) is 17.1 Å². The average molecular weight is 397 g/mol. The van der Waals surface area contributed by atoms with Crippen molar-refractivity contribution in [1.29, 1.82) is 0 Å². The van der Waals surface area contributed by atoms with E-state index in [0.29, 0.717) is 0 Å². The standard InChI is InChI=1S/C24H32O3Si/c1-24(2,3)28(5,6)27-22(14-8-7-9-15-23(25)26-4)21-17-16-19-12-10-11-13-20(19)18-21/h7-13,15-18,22H,14H2,1-6H3/b8-7+,15-9?/t22-/m1/s1. The molecule has 3 nitrogen and oxygen atoms in total. The van der Waals surface area contributed by atoms with Crippen molar-refractivity contribution in [3.8, 4) is 0 Å². The number of allylic oxidation sites excluding steroid dienone is 2. The number of methoxy groups -OCH3 is 1. The number of carbonyl (C=O) groups is 1. The Morgan fingerprint density at radius 3 is 2.39 bits per heavy atom. The summed E-state index contributed by atoms with van der Waals surface area (Å²) in [6, 6.07) is 14.9. The van der Waals surface area contributed by atoms with Gasteiger partial charge in [0.1, 0.15) is 0 Å². The molecule has 0 spiro atoms. The smallest absolute Gasteiger partial charge is 0.330 e. The molecule has 2 rings (SSSR count). The zero-order valence-corrected chi connectivity index (χ0v) is 18.9. The van der Waals surface area contributed by atoms with Crippen LogP contribution in [0.1, 0.15) is 38.9 Å². The second-order valence-electron chi connectivity index (χ2n) is 8.52. The summed E-state index contributed by atoms with van der Waals surface area (Å²) in [7, 11) is -0.562. The van der Waals surface area contributed by atoms with E-state index in [2.05, 4.69) is 81.1 Å². The third-order valence-corrected chi connectivity index (χ3v) is 9.91. The SMILES string of the molecule is COC(=O)C=C/C=C/C[C@@H](O[Si](C)(C)C(C)(C)C)c1ccc2ccccc2c1. The first-order valence-corrected chi connectivity index (χ1v) is 12.6. The van der Waals surface area contributed by atoms with E-state index >= 15 is 0 Å². The van der Waals surface area contributed by atoms with E-state index < -0.39 is 8.32 Å². The van der Waals surface area contributed by atoms with Gasteiger partial charge in [0.25, 0.3) is 0 Å². The lowest BCUT2D eigenvalue weighted by atomic mass is 10.0. The van der Waals surface area contributed by atoms with Crippen LogP contribution in [0.15, 0.2) is 66.8 Å². The zero-order chi connectivity index (χ0) is 20.8. The second kappa shape index (κ2) is 9.35. The van der Waals surface area contributed by atoms with Crippen molar-refractivity contribution in [3.05, 3.63) is 72.3 Å². The van der Waals surface area contributed by atoms with E-state index in [9.17, 15) is 4.79 Å². The Kier molecular flexibility index (Phi) is 7.39. The molecule has 0 saturated heterocycles. The predicted molar refractivity (Wildman–Crippen MR) is 120 cm³/mol. The zero-order valence-electron chi connectivity index (χ0n) is 17.9. The van der Waals surface area contributed by atoms with Gasteiger partial charge < -0.3 is 9.16 Å². The quantitative estimate of drug-likeness (QED) is 0.229. The molecule has 2 aromatic rings. The van der Waals surface area contributed by atoms with Crippen LogP contribution in [-0.4, -0.2) is 21.4 Å². The summed E-state index contributed by atoms with van der Waals surface area (Å²) >= 11 is 0. The summed E-state index contributed by atoms with van der Waals surface area (Å²) in [6.45, 7) is 11.3. The van der Waals surface area contributed by atoms with Crippen molar-refractivity contribution in [1.82, 2.24) is 0 Å². The molecule has 0 aliphatic carbocycles. The van der Waals surface area contributed by atoms with E-state index in [1.54, 1.807) is 6.08 Å². The minimum atomic E-state index is -1.94. The molecule has 0 unspecified atom stereocenters. The fourth-order valence-electron chi connectivity index (χ4n) is 2.68. The van der Waals surface area contributed by atoms with Crippen LogP contribution in [0.25, 0.3) is 10.8 Å². The molecule has 0 aliphatic rings. The molecular formula is C24H32O3Si. The van der Waals surface area contributed by atoms with Gasteiger partial charge in [0.2, 0.25) is 0 Å². The largest absolute Gasteiger partial charge is 0.466 e. The molecule has 28 heavy (non-hydrogen) atoms. The summed E-state index contributed by atoms with van der Waals surface area (Å²) < 4.78 is 11.4. The van der Waals surface area contributed by atoms with Crippen molar-refractivity contribution < 1.29 is 14.0 Å². The molecular weight excluding hydrogens is 364 g/mol. The molecule has 0 aromatic heterocycles. The Balaban J connectivity index is 2.28. The Morgan fingerprint density at radius 1 is 1.07 bits per heavy atom. The Bertz CT molecular complexity index is 860. The summed E-state index contributed by atoms with van der Waals surface area (Å²) in [6.07, 6.45) is 7.77. The van der Waals surface area contributed by atoms with Crippen molar-refractivity contribution in [2.24, 2.45) is 0 Å². The fraction of sp³-hybridized carbons (Fsp3) is 0.375. The van der Waals surface area contributed by atoms with Gasteiger partial charge in [-0.3, -0.25) is 0 Å². The summed E-state index contributed by atoms with van der Waals surface area (Å²) in [4.78, 5) is 11.2. The molecule has 0 aliphatic heterocycles. The fourth-order valence-corrected chi connectivity index (χ4v) is 3.97. The lowest BCUT2D eigenvalue weighted by Crippen LogP contribution is -2.41. The van der Waals surface area contributed by atoms with Crippen LogP contribution in [0.4, 0.5) is 0 Å². The van der Waals surface area contributed by atoms with Crippen LogP contribution < -0.4 is 0 Å². The first-order chi connectivity index (χ1) is 13.1. The first kappa shape index (κ1) is 22.1. The molecule has 2 aromatic carbocycles. The molecule has 0 heterocycles. The van der Waals surface area contributed by atoms with Gasteiger partial charge >= 0.3 is 5.97 Å². The summed E-state index contributed by atoms with van der Waals surface area (Å²) in [5, 5.41) is 2.59. The van der Waals surface area contributed by atoms with E-state index in [1.807, 2.05) is 12.2 Å². The highest BCUT2D eigenvalue weighted by Crippen LogP contribution is 2.41. The number of hydrogen-bond donors (Lipinski definition) is 0. The molecule has 0 radical (unpaired) electrons. The minimum Gasteiger partial charge on any atom is -0.466 e. The number of benzene rings is 2. The number of rotatable bonds is 7. The van der Waals surface area contributed by atoms with Gasteiger partial charge in [0, 0.05) is 6.08 Å². The molecule has 0 bridgehead atoms. The maximum atomic E-state index is 11.2. The number of carbonyl (C=O) groups excluding carboxylic acids is 1. The van der Waals surface area contributed by atoms with Gasteiger partial charge in [-0.1, -0.05) is 75.4 Å². The van der Waals surface area contributed by atoms with Gasteiger partial charge in [-0.2, -0.15) is 0 Å². The van der Waals surface area contributed by atoms with Gasteiger partial charge in [-0.05, 0) is 47.0 Å². The molecule has 1 atom stereocenters. The molecule has 4 heteroatoms. The van der Waals surface area contributed by atoms with Crippen LogP contribution in [0.3, 0.4) is 0 Å². The number of fused-ring (bicyclic) bond motifs is 1. The van der Waals surface area contributed by atoms with Gasteiger partial charge in [0.05, 0.1) is 13.2 Å². The maximum absolute atomic E-state index is 11.2. The Hall–Kier alpha value is -2.17. The lowest BCUT2D eigenvalue weighted by Gasteiger charge is -2.39. The molecule has 150 valence electrons. The average Bonchev–Trinajstić information content (AvgIpc) is 2.65. The Morgan fingerprint density at radius 2 is 1.75 bits per heavy atom. The van der Waals surface area contributed by atoms with Crippen molar-refractivity contribution in [2.45, 2.75) is 51.4 Å². The van der Waals surface area contributed by atoms with E-state index in [1.165, 1.54) is 29.5 Å². The van der Waals surface area contributed by atoms with Gasteiger partial charge in [-0.25, -0.2) is 4.79 Å². The second-order valence-corrected chi connectivity index (χ2v) is 13.3. The number of hydrogen-bond acceptors (Lipinski definition) is 3. The first-order valence-electron chi connectivity index (χ1n) is 9.72. The maximum Gasteiger partial charge on any atom is 0.330 e. The minimum absolute atomic E-state index is 0.0201. The van der Waals surface area contributed by atoms with Crippen LogP contribution in [-0.2, 0) is 14.0 Å². The topological polar surface area (TPSA) is 35.5 Å².